The summed E-state index contributed by atoms with van der Waals surface area (Å²) in [6.07, 6.45) is 1.95. The third-order valence-electron chi connectivity index (χ3n) is 6.44. The molecule has 1 unspecified atom stereocenters. The van der Waals surface area contributed by atoms with Gasteiger partial charge in [-0.25, -0.2) is 4.79 Å². The molecule has 0 spiro atoms. The average Bonchev–Trinajstić information content (AvgIpc) is 3.76. The Morgan fingerprint density at radius 2 is 1.81 bits per heavy atom. The second-order valence-corrected chi connectivity index (χ2v) is 9.03. The van der Waals surface area contributed by atoms with E-state index in [-0.39, 0.29) is 23.9 Å². The number of hydrogen-bond donors (Lipinski definition) is 3. The highest BCUT2D eigenvalue weighted by atomic mass is 16.5. The Kier molecular flexibility index (Phi) is 9.02. The highest BCUT2D eigenvalue weighted by Gasteiger charge is 2.29. The number of nitrogens with zero attached hydrogens (tertiary/aromatic N) is 1. The lowest BCUT2D eigenvalue weighted by atomic mass is 10.0. The molecule has 4 rings (SSSR count). The molecule has 3 N–H and O–H groups in total. The van der Waals surface area contributed by atoms with Crippen LogP contribution in [0, 0.1) is 5.92 Å². The van der Waals surface area contributed by atoms with E-state index in [1.165, 1.54) is 0 Å². The standard InChI is InChI=1S/C27H36N4O5/c1-3-36-24-11-8-21(16-25(24)34-2)23(31-12-14-35-15-13-31)18-29-27(33)28-17-19-4-9-22(10-5-19)30-26(32)20-6-7-20/h4-5,8-11,16,20,23H,3,6-7,12-15,17-18H2,1-2H3,(H,30,32)(H2,28,29,33). The van der Waals surface area contributed by atoms with Gasteiger partial charge in [0.2, 0.25) is 5.91 Å². The average molecular weight is 497 g/mol. The Bertz CT molecular complexity index is 1020. The number of carbonyl (C=O) groups is 2. The summed E-state index contributed by atoms with van der Waals surface area (Å²) < 4.78 is 16.7. The summed E-state index contributed by atoms with van der Waals surface area (Å²) >= 11 is 0. The van der Waals surface area contributed by atoms with Gasteiger partial charge in [0.1, 0.15) is 0 Å². The number of amides is 3. The molecule has 9 heteroatoms. The van der Waals surface area contributed by atoms with E-state index in [0.29, 0.717) is 44.4 Å². The van der Waals surface area contributed by atoms with Crippen molar-refractivity contribution in [3.8, 4) is 11.5 Å². The summed E-state index contributed by atoms with van der Waals surface area (Å²) in [5, 5.41) is 8.87. The first kappa shape index (κ1) is 25.8. The highest BCUT2D eigenvalue weighted by Crippen LogP contribution is 2.32. The van der Waals surface area contributed by atoms with E-state index in [1.807, 2.05) is 49.4 Å². The number of hydrogen-bond acceptors (Lipinski definition) is 6. The first-order chi connectivity index (χ1) is 17.6. The summed E-state index contributed by atoms with van der Waals surface area (Å²) in [6.45, 7) is 6.22. The topological polar surface area (TPSA) is 101 Å². The number of carbonyl (C=O) groups excluding carboxylic acids is 2. The number of morpholine rings is 1. The van der Waals surface area contributed by atoms with Crippen LogP contribution in [0.15, 0.2) is 42.5 Å². The molecule has 2 aromatic rings. The molecule has 1 saturated carbocycles. The van der Waals surface area contributed by atoms with Gasteiger partial charge in [-0.3, -0.25) is 9.69 Å². The molecular weight excluding hydrogens is 460 g/mol. The van der Waals surface area contributed by atoms with Crippen molar-refractivity contribution >= 4 is 17.6 Å². The first-order valence-electron chi connectivity index (χ1n) is 12.6. The molecule has 0 radical (unpaired) electrons. The predicted molar refractivity (Wildman–Crippen MR) is 137 cm³/mol. The fraction of sp³-hybridized carbons (Fsp3) is 0.481. The Balaban J connectivity index is 1.33. The fourth-order valence-electron chi connectivity index (χ4n) is 4.24. The van der Waals surface area contributed by atoms with Crippen molar-refractivity contribution in [2.24, 2.45) is 5.92 Å². The van der Waals surface area contributed by atoms with Gasteiger partial charge >= 0.3 is 6.03 Å². The normalized spacial score (nSPS) is 16.6. The maximum absolute atomic E-state index is 12.6. The number of methoxy groups -OCH3 is 1. The molecule has 1 aliphatic carbocycles. The highest BCUT2D eigenvalue weighted by molar-refractivity contribution is 5.94. The molecule has 3 amide bonds. The molecule has 9 nitrogen and oxygen atoms in total. The lowest BCUT2D eigenvalue weighted by Crippen LogP contribution is -2.45. The number of ether oxygens (including phenoxy) is 3. The Morgan fingerprint density at radius 1 is 1.06 bits per heavy atom. The van der Waals surface area contributed by atoms with Crippen LogP contribution in [0.4, 0.5) is 10.5 Å². The Labute approximate surface area is 212 Å². The quantitative estimate of drug-likeness (QED) is 0.441. The van der Waals surface area contributed by atoms with Crippen molar-refractivity contribution < 1.29 is 23.8 Å². The summed E-state index contributed by atoms with van der Waals surface area (Å²) in [5.41, 5.74) is 2.77. The van der Waals surface area contributed by atoms with Gasteiger partial charge in [-0.05, 0) is 55.2 Å². The largest absolute Gasteiger partial charge is 0.493 e. The minimum Gasteiger partial charge on any atom is -0.493 e. The third kappa shape index (κ3) is 7.11. The second kappa shape index (κ2) is 12.6. The molecule has 194 valence electrons. The minimum atomic E-state index is -0.239. The van der Waals surface area contributed by atoms with E-state index in [2.05, 4.69) is 20.9 Å². The predicted octanol–water partition coefficient (Wildman–Crippen LogP) is 3.32. The lowest BCUT2D eigenvalue weighted by Gasteiger charge is -2.35. The number of rotatable bonds is 11. The molecule has 0 aromatic heterocycles. The van der Waals surface area contributed by atoms with Gasteiger partial charge in [-0.2, -0.15) is 0 Å². The first-order valence-corrected chi connectivity index (χ1v) is 12.6. The van der Waals surface area contributed by atoms with Crippen LogP contribution in [0.3, 0.4) is 0 Å². The van der Waals surface area contributed by atoms with Crippen molar-refractivity contribution in [3.63, 3.8) is 0 Å². The molecule has 2 aromatic carbocycles. The number of benzene rings is 2. The van der Waals surface area contributed by atoms with Crippen molar-refractivity contribution in [3.05, 3.63) is 53.6 Å². The zero-order chi connectivity index (χ0) is 25.3. The van der Waals surface area contributed by atoms with Gasteiger partial charge in [0.25, 0.3) is 0 Å². The monoisotopic (exact) mass is 496 g/mol. The van der Waals surface area contributed by atoms with Gasteiger partial charge < -0.3 is 30.2 Å². The van der Waals surface area contributed by atoms with Crippen LogP contribution >= 0.6 is 0 Å². The van der Waals surface area contributed by atoms with Crippen LogP contribution in [0.1, 0.15) is 36.9 Å². The Morgan fingerprint density at radius 3 is 2.47 bits per heavy atom. The maximum Gasteiger partial charge on any atom is 0.315 e. The molecular formula is C27H36N4O5. The van der Waals surface area contributed by atoms with Gasteiger partial charge in [0.05, 0.1) is 33.0 Å². The van der Waals surface area contributed by atoms with Crippen LogP contribution in [0.2, 0.25) is 0 Å². The zero-order valence-corrected chi connectivity index (χ0v) is 21.0. The summed E-state index contributed by atoms with van der Waals surface area (Å²) in [7, 11) is 1.63. The van der Waals surface area contributed by atoms with E-state index in [9.17, 15) is 9.59 Å². The lowest BCUT2D eigenvalue weighted by molar-refractivity contribution is -0.117. The molecule has 1 aliphatic heterocycles. The number of nitrogens with one attached hydrogen (secondary N) is 3. The van der Waals surface area contributed by atoms with Gasteiger partial charge in [0, 0.05) is 37.8 Å². The second-order valence-electron chi connectivity index (χ2n) is 9.03. The van der Waals surface area contributed by atoms with Crippen molar-refractivity contribution in [1.29, 1.82) is 0 Å². The number of urea groups is 1. The fourth-order valence-corrected chi connectivity index (χ4v) is 4.24. The third-order valence-corrected chi connectivity index (χ3v) is 6.44. The minimum absolute atomic E-state index is 0.0291. The summed E-state index contributed by atoms with van der Waals surface area (Å²) in [4.78, 5) is 26.8. The van der Waals surface area contributed by atoms with Crippen molar-refractivity contribution in [2.45, 2.75) is 32.4 Å². The van der Waals surface area contributed by atoms with Crippen molar-refractivity contribution in [2.75, 3.05) is 51.9 Å². The molecule has 2 aliphatic rings. The molecule has 1 heterocycles. The molecule has 2 fully saturated rings. The van der Waals surface area contributed by atoms with E-state index >= 15 is 0 Å². The van der Waals surface area contributed by atoms with Crippen LogP contribution < -0.4 is 25.4 Å². The smallest absolute Gasteiger partial charge is 0.315 e. The Hall–Kier alpha value is -3.30. The van der Waals surface area contributed by atoms with E-state index in [1.54, 1.807) is 7.11 Å². The van der Waals surface area contributed by atoms with E-state index in [4.69, 9.17) is 14.2 Å². The summed E-state index contributed by atoms with van der Waals surface area (Å²) in [5.74, 6) is 1.63. The molecule has 36 heavy (non-hydrogen) atoms. The molecule has 1 saturated heterocycles. The number of anilines is 1. The SMILES string of the molecule is CCOc1ccc(C(CNC(=O)NCc2ccc(NC(=O)C3CC3)cc2)N2CCOCC2)cc1OC. The maximum atomic E-state index is 12.6. The van der Waals surface area contributed by atoms with Gasteiger partial charge in [-0.1, -0.05) is 18.2 Å². The van der Waals surface area contributed by atoms with Crippen LogP contribution in [0.25, 0.3) is 0 Å². The van der Waals surface area contributed by atoms with Crippen LogP contribution in [0.5, 0.6) is 11.5 Å². The van der Waals surface area contributed by atoms with Crippen molar-refractivity contribution in [1.82, 2.24) is 15.5 Å². The van der Waals surface area contributed by atoms with Gasteiger partial charge in [0.15, 0.2) is 11.5 Å². The summed E-state index contributed by atoms with van der Waals surface area (Å²) in [6, 6.07) is 13.2. The van der Waals surface area contributed by atoms with Crippen LogP contribution in [-0.2, 0) is 16.1 Å². The van der Waals surface area contributed by atoms with E-state index in [0.717, 1.165) is 42.7 Å². The van der Waals surface area contributed by atoms with Crippen LogP contribution in [-0.4, -0.2) is 63.4 Å². The van der Waals surface area contributed by atoms with Gasteiger partial charge in [-0.15, -0.1) is 0 Å². The van der Waals surface area contributed by atoms with E-state index < -0.39 is 0 Å². The zero-order valence-electron chi connectivity index (χ0n) is 21.0. The molecule has 1 atom stereocenters. The molecule has 0 bridgehead atoms.